The molecule has 9 heteroatoms. The van der Waals surface area contributed by atoms with Crippen LogP contribution in [0.25, 0.3) is 0 Å². The molecule has 1 fully saturated rings. The first-order chi connectivity index (χ1) is 7.09. The molecule has 84 valence electrons. The van der Waals surface area contributed by atoms with Gasteiger partial charge in [-0.2, -0.15) is 0 Å². The SMILES string of the molecule is O=C1NC(C(=O)NCCO[N+](=O)[O-])CS1. The molecule has 1 aliphatic heterocycles. The number of thioether (sulfide) groups is 1. The minimum atomic E-state index is -0.931. The molecule has 0 bridgehead atoms. The van der Waals surface area contributed by atoms with Crippen LogP contribution in [-0.4, -0.2) is 41.2 Å². The van der Waals surface area contributed by atoms with Gasteiger partial charge in [0.15, 0.2) is 0 Å². The van der Waals surface area contributed by atoms with Crippen molar-refractivity contribution in [2.75, 3.05) is 18.9 Å². The Morgan fingerprint density at radius 3 is 3.07 bits per heavy atom. The molecular weight excluding hydrogens is 226 g/mol. The van der Waals surface area contributed by atoms with Crippen LogP contribution in [-0.2, 0) is 9.63 Å². The van der Waals surface area contributed by atoms with Crippen LogP contribution in [0.3, 0.4) is 0 Å². The lowest BCUT2D eigenvalue weighted by Crippen LogP contribution is -2.43. The van der Waals surface area contributed by atoms with Gasteiger partial charge in [0.2, 0.25) is 5.91 Å². The Kier molecular flexibility index (Phi) is 4.16. The average Bonchev–Trinajstić information content (AvgIpc) is 2.59. The monoisotopic (exact) mass is 235 g/mol. The largest absolute Gasteiger partial charge is 0.352 e. The molecule has 0 aromatic carbocycles. The van der Waals surface area contributed by atoms with Crippen LogP contribution in [0.5, 0.6) is 0 Å². The number of nitrogens with one attached hydrogen (secondary N) is 2. The number of amides is 2. The number of hydrogen-bond acceptors (Lipinski definition) is 6. The van der Waals surface area contributed by atoms with E-state index in [1.807, 2.05) is 0 Å². The lowest BCUT2D eigenvalue weighted by atomic mass is 10.3. The molecule has 0 aromatic heterocycles. The molecule has 0 aliphatic carbocycles. The second kappa shape index (κ2) is 5.39. The first-order valence-electron chi connectivity index (χ1n) is 4.08. The summed E-state index contributed by atoms with van der Waals surface area (Å²) in [5.74, 6) is 0.0149. The number of nitrogens with zero attached hydrogens (tertiary/aromatic N) is 1. The van der Waals surface area contributed by atoms with E-state index in [2.05, 4.69) is 15.5 Å². The van der Waals surface area contributed by atoms with Crippen molar-refractivity contribution in [2.24, 2.45) is 0 Å². The third-order valence-corrected chi connectivity index (χ3v) is 2.47. The summed E-state index contributed by atoms with van der Waals surface area (Å²) in [6, 6.07) is -0.557. The molecule has 0 spiro atoms. The van der Waals surface area contributed by atoms with Crippen LogP contribution in [0, 0.1) is 10.1 Å². The van der Waals surface area contributed by atoms with Gasteiger partial charge in [-0.1, -0.05) is 11.8 Å². The summed E-state index contributed by atoms with van der Waals surface area (Å²) in [5, 5.41) is 13.4. The zero-order chi connectivity index (χ0) is 11.3. The predicted molar refractivity (Wildman–Crippen MR) is 50.7 cm³/mol. The molecule has 2 amide bonds. The van der Waals surface area contributed by atoms with E-state index in [1.54, 1.807) is 0 Å². The van der Waals surface area contributed by atoms with Gasteiger partial charge in [0.1, 0.15) is 12.6 Å². The lowest BCUT2D eigenvalue weighted by Gasteiger charge is -2.09. The third-order valence-electron chi connectivity index (χ3n) is 1.59. The fourth-order valence-electron chi connectivity index (χ4n) is 0.943. The van der Waals surface area contributed by atoms with E-state index in [0.29, 0.717) is 5.75 Å². The van der Waals surface area contributed by atoms with E-state index in [4.69, 9.17) is 0 Å². The van der Waals surface area contributed by atoms with Crippen LogP contribution < -0.4 is 10.6 Å². The van der Waals surface area contributed by atoms with Crippen molar-refractivity contribution >= 4 is 22.9 Å². The number of carbonyl (C=O) groups excluding carboxylic acids is 2. The van der Waals surface area contributed by atoms with E-state index < -0.39 is 11.1 Å². The molecule has 0 saturated carbocycles. The summed E-state index contributed by atoms with van der Waals surface area (Å²) in [5.41, 5.74) is 0. The molecule has 1 saturated heterocycles. The molecule has 1 aliphatic rings. The lowest BCUT2D eigenvalue weighted by molar-refractivity contribution is -0.757. The molecular formula is C6H9N3O5S. The second-order valence-electron chi connectivity index (χ2n) is 2.64. The van der Waals surface area contributed by atoms with Crippen molar-refractivity contribution in [1.82, 2.24) is 10.6 Å². The summed E-state index contributed by atoms with van der Waals surface area (Å²) in [7, 11) is 0. The van der Waals surface area contributed by atoms with Crippen LogP contribution >= 0.6 is 11.8 Å². The minimum Gasteiger partial charge on any atom is -0.352 e. The fourth-order valence-corrected chi connectivity index (χ4v) is 1.72. The standard InChI is InChI=1S/C6H9N3O5S/c10-5(4-3-15-6(11)8-4)7-1-2-14-9(12)13/h4H,1-3H2,(H,7,10)(H,8,11). The highest BCUT2D eigenvalue weighted by atomic mass is 32.2. The minimum absolute atomic E-state index is 0.0385. The maximum absolute atomic E-state index is 11.3. The highest BCUT2D eigenvalue weighted by molar-refractivity contribution is 8.14. The van der Waals surface area contributed by atoms with Crippen LogP contribution in [0.1, 0.15) is 0 Å². The highest BCUT2D eigenvalue weighted by Gasteiger charge is 2.27. The Bertz CT molecular complexity index is 284. The third kappa shape index (κ3) is 4.02. The first-order valence-corrected chi connectivity index (χ1v) is 5.06. The van der Waals surface area contributed by atoms with Gasteiger partial charge in [-0.05, 0) is 0 Å². The maximum Gasteiger partial charge on any atom is 0.294 e. The summed E-state index contributed by atoms with van der Waals surface area (Å²) in [6.07, 6.45) is 0. The Morgan fingerprint density at radius 1 is 1.80 bits per heavy atom. The molecule has 0 radical (unpaired) electrons. The van der Waals surface area contributed by atoms with Crippen molar-refractivity contribution in [3.05, 3.63) is 10.1 Å². The zero-order valence-corrected chi connectivity index (χ0v) is 8.41. The zero-order valence-electron chi connectivity index (χ0n) is 7.60. The molecule has 2 N–H and O–H groups in total. The number of carbonyl (C=O) groups is 2. The normalized spacial score (nSPS) is 19.5. The van der Waals surface area contributed by atoms with Crippen LogP contribution in [0.2, 0.25) is 0 Å². The molecule has 1 heterocycles. The average molecular weight is 235 g/mol. The summed E-state index contributed by atoms with van der Waals surface area (Å²) in [4.78, 5) is 35.8. The highest BCUT2D eigenvalue weighted by Crippen LogP contribution is 2.12. The maximum atomic E-state index is 11.3. The molecule has 1 rings (SSSR count). The van der Waals surface area contributed by atoms with Gasteiger partial charge >= 0.3 is 0 Å². The van der Waals surface area contributed by atoms with E-state index in [0.717, 1.165) is 11.8 Å². The van der Waals surface area contributed by atoms with Gasteiger partial charge in [-0.15, -0.1) is 10.1 Å². The van der Waals surface area contributed by atoms with Crippen molar-refractivity contribution in [2.45, 2.75) is 6.04 Å². The fraction of sp³-hybridized carbons (Fsp3) is 0.667. The molecule has 8 nitrogen and oxygen atoms in total. The van der Waals surface area contributed by atoms with E-state index in [1.165, 1.54) is 0 Å². The Balaban J connectivity index is 2.13. The van der Waals surface area contributed by atoms with Crippen LogP contribution in [0.15, 0.2) is 0 Å². The van der Waals surface area contributed by atoms with Crippen molar-refractivity contribution in [1.29, 1.82) is 0 Å². The topological polar surface area (TPSA) is 111 Å². The predicted octanol–water partition coefficient (Wildman–Crippen LogP) is -0.864. The molecule has 1 unspecified atom stereocenters. The first kappa shape index (κ1) is 11.6. The number of hydrogen-bond donors (Lipinski definition) is 2. The Morgan fingerprint density at radius 2 is 2.53 bits per heavy atom. The quantitative estimate of drug-likeness (QED) is 0.364. The van der Waals surface area contributed by atoms with E-state index in [9.17, 15) is 19.7 Å². The summed E-state index contributed by atoms with van der Waals surface area (Å²) in [6.45, 7) is -0.163. The van der Waals surface area contributed by atoms with Crippen molar-refractivity contribution < 1.29 is 19.5 Å². The molecule has 1 atom stereocenters. The van der Waals surface area contributed by atoms with Crippen molar-refractivity contribution in [3.63, 3.8) is 0 Å². The summed E-state index contributed by atoms with van der Waals surface area (Å²) >= 11 is 1.03. The van der Waals surface area contributed by atoms with Gasteiger partial charge in [0.05, 0.1) is 0 Å². The Hall–Kier alpha value is -1.51. The molecule has 15 heavy (non-hydrogen) atoms. The molecule has 0 aromatic rings. The van der Waals surface area contributed by atoms with Gasteiger partial charge in [0, 0.05) is 12.3 Å². The Labute approximate surface area is 88.8 Å². The van der Waals surface area contributed by atoms with Gasteiger partial charge in [-0.3, -0.25) is 9.59 Å². The van der Waals surface area contributed by atoms with E-state index >= 15 is 0 Å². The van der Waals surface area contributed by atoms with E-state index in [-0.39, 0.29) is 24.3 Å². The number of rotatable bonds is 5. The summed E-state index contributed by atoms with van der Waals surface area (Å²) < 4.78 is 0. The van der Waals surface area contributed by atoms with Crippen LogP contribution in [0.4, 0.5) is 4.79 Å². The van der Waals surface area contributed by atoms with Crippen molar-refractivity contribution in [3.8, 4) is 0 Å². The van der Waals surface area contributed by atoms with Gasteiger partial charge < -0.3 is 15.5 Å². The van der Waals surface area contributed by atoms with Gasteiger partial charge in [0.25, 0.3) is 10.3 Å². The van der Waals surface area contributed by atoms with Gasteiger partial charge in [-0.25, -0.2) is 0 Å². The second-order valence-corrected chi connectivity index (χ2v) is 3.64. The smallest absolute Gasteiger partial charge is 0.294 e.